The maximum atomic E-state index is 7.54. The summed E-state index contributed by atoms with van der Waals surface area (Å²) in [4.78, 5) is 0. The van der Waals surface area contributed by atoms with Crippen LogP contribution in [-0.2, 0) is 0 Å². The van der Waals surface area contributed by atoms with Gasteiger partial charge in [-0.2, -0.15) is 4.67 Å². The topological polar surface area (TPSA) is 3.24 Å². The predicted molar refractivity (Wildman–Crippen MR) is 164 cm³/mol. The highest BCUT2D eigenvalue weighted by atomic mass is 35.5. The van der Waals surface area contributed by atoms with Gasteiger partial charge in [-0.25, -0.2) is 0 Å². The van der Waals surface area contributed by atoms with Crippen LogP contribution in [0.25, 0.3) is 21.0 Å². The Morgan fingerprint density at radius 2 is 0.892 bits per heavy atom. The second-order valence-electron chi connectivity index (χ2n) is 10.0. The van der Waals surface area contributed by atoms with E-state index in [1.54, 1.807) is 0 Å². The minimum Gasteiger partial charge on any atom is -0.161 e. The molecule has 0 aliphatic carbocycles. The van der Waals surface area contributed by atoms with Crippen molar-refractivity contribution in [3.05, 3.63) is 144 Å². The summed E-state index contributed by atoms with van der Waals surface area (Å²) in [7, 11) is -2.22. The lowest BCUT2D eigenvalue weighted by Crippen LogP contribution is -2.34. The van der Waals surface area contributed by atoms with Crippen LogP contribution in [0.3, 0.4) is 0 Å². The van der Waals surface area contributed by atoms with Crippen LogP contribution in [0.5, 0.6) is 0 Å². The number of rotatable bonds is 8. The monoisotopic (exact) mass is 522 g/mol. The summed E-state index contributed by atoms with van der Waals surface area (Å²) in [6.07, 6.45) is 0. The van der Waals surface area contributed by atoms with E-state index in [9.17, 15) is 0 Å². The van der Waals surface area contributed by atoms with Gasteiger partial charge < -0.3 is 0 Å². The van der Waals surface area contributed by atoms with Gasteiger partial charge in [-0.05, 0) is 33.3 Å². The van der Waals surface area contributed by atoms with Crippen molar-refractivity contribution in [3.63, 3.8) is 0 Å². The minimum atomic E-state index is -2.22. The van der Waals surface area contributed by atoms with Gasteiger partial charge in [0.15, 0.2) is 18.0 Å². The standard InChI is InChI=1S/C34H34ClNP/c1-25(2)36(26(3)4)37(32(28-19-11-6-12-20-28)31(35)27-17-9-5-10-18-27)33(29-21-13-7-14-22-29)34(37)30-23-15-8-16-24-30/h5-26H,1-4H3/q+1/b32-31-. The van der Waals surface area contributed by atoms with Crippen LogP contribution >= 0.6 is 19.0 Å². The molecule has 0 fully saturated rings. The van der Waals surface area contributed by atoms with Crippen molar-refractivity contribution in [3.8, 4) is 0 Å². The van der Waals surface area contributed by atoms with E-state index in [2.05, 4.69) is 154 Å². The highest BCUT2D eigenvalue weighted by molar-refractivity contribution is 8.09. The Hall–Kier alpha value is -2.96. The molecule has 0 saturated carbocycles. The van der Waals surface area contributed by atoms with Crippen molar-refractivity contribution in [1.29, 1.82) is 0 Å². The van der Waals surface area contributed by atoms with Crippen LogP contribution in [0.2, 0.25) is 0 Å². The van der Waals surface area contributed by atoms with E-state index in [1.807, 2.05) is 0 Å². The van der Waals surface area contributed by atoms with Gasteiger partial charge in [0.1, 0.15) is 5.31 Å². The van der Waals surface area contributed by atoms with E-state index in [-0.39, 0.29) is 0 Å². The van der Waals surface area contributed by atoms with E-state index < -0.39 is 7.41 Å². The number of nitrogens with zero attached hydrogens (tertiary/aromatic N) is 1. The van der Waals surface area contributed by atoms with Crippen LogP contribution in [-0.4, -0.2) is 16.8 Å². The lowest BCUT2D eigenvalue weighted by atomic mass is 10.1. The lowest BCUT2D eigenvalue weighted by Gasteiger charge is -2.35. The third kappa shape index (κ3) is 4.62. The van der Waals surface area contributed by atoms with E-state index in [4.69, 9.17) is 11.6 Å². The maximum absolute atomic E-state index is 7.54. The molecule has 0 saturated heterocycles. The Labute approximate surface area is 227 Å². The molecule has 0 N–H and O–H groups in total. The maximum Gasteiger partial charge on any atom is 0.193 e. The summed E-state index contributed by atoms with van der Waals surface area (Å²) in [5.74, 6) is 0. The van der Waals surface area contributed by atoms with Gasteiger partial charge >= 0.3 is 0 Å². The SMILES string of the molecule is CC(C)N(C(C)C)[P+]1(/C(=C(\Cl)c2ccccc2)c2ccccc2)C(c2ccccc2)=C1c1ccccc1. The Morgan fingerprint density at radius 3 is 1.27 bits per heavy atom. The summed E-state index contributed by atoms with van der Waals surface area (Å²) in [6.45, 7) is 9.29. The molecule has 0 atom stereocenters. The molecule has 1 aliphatic rings. The van der Waals surface area contributed by atoms with Gasteiger partial charge in [0.2, 0.25) is 0 Å². The normalized spacial score (nSPS) is 15.4. The summed E-state index contributed by atoms with van der Waals surface area (Å²) in [5, 5.41) is 4.97. The highest BCUT2D eigenvalue weighted by Crippen LogP contribution is 3.01. The van der Waals surface area contributed by atoms with Crippen LogP contribution in [0.4, 0.5) is 0 Å². The molecular weight excluding hydrogens is 489 g/mol. The first kappa shape index (κ1) is 25.7. The van der Waals surface area contributed by atoms with Crippen LogP contribution in [0.1, 0.15) is 49.9 Å². The average molecular weight is 523 g/mol. The first-order chi connectivity index (χ1) is 18.0. The fourth-order valence-electron chi connectivity index (χ4n) is 5.71. The molecule has 0 bridgehead atoms. The molecule has 5 rings (SSSR count). The third-order valence-corrected chi connectivity index (χ3v) is 12.2. The Balaban J connectivity index is 1.91. The molecular formula is C34H34ClNP+. The Kier molecular flexibility index (Phi) is 7.50. The van der Waals surface area contributed by atoms with Crippen molar-refractivity contribution in [2.45, 2.75) is 39.8 Å². The molecule has 186 valence electrons. The van der Waals surface area contributed by atoms with E-state index in [0.717, 1.165) is 10.6 Å². The zero-order chi connectivity index (χ0) is 26.0. The number of hydrogen-bond acceptors (Lipinski definition) is 1. The predicted octanol–water partition coefficient (Wildman–Crippen LogP) is 10.3. The molecule has 1 nitrogen and oxygen atoms in total. The number of halogens is 1. The van der Waals surface area contributed by atoms with Crippen molar-refractivity contribution < 1.29 is 0 Å². The smallest absolute Gasteiger partial charge is 0.161 e. The Morgan fingerprint density at radius 1 is 0.541 bits per heavy atom. The fraction of sp³-hybridized carbons (Fsp3) is 0.176. The molecule has 4 aromatic rings. The quantitative estimate of drug-likeness (QED) is 0.164. The summed E-state index contributed by atoms with van der Waals surface area (Å²) >= 11 is 7.54. The van der Waals surface area contributed by atoms with Gasteiger partial charge in [-0.15, -0.1) is 0 Å². The van der Waals surface area contributed by atoms with Gasteiger partial charge in [0.25, 0.3) is 0 Å². The van der Waals surface area contributed by atoms with Gasteiger partial charge in [-0.1, -0.05) is 133 Å². The number of benzene rings is 4. The third-order valence-electron chi connectivity index (χ3n) is 6.93. The molecule has 1 heterocycles. The zero-order valence-corrected chi connectivity index (χ0v) is 23.6. The van der Waals surface area contributed by atoms with Crippen molar-refractivity contribution in [2.75, 3.05) is 0 Å². The molecule has 37 heavy (non-hydrogen) atoms. The first-order valence-electron chi connectivity index (χ1n) is 13.0. The molecule has 4 aromatic carbocycles. The van der Waals surface area contributed by atoms with Crippen molar-refractivity contribution in [1.82, 2.24) is 4.67 Å². The molecule has 0 amide bonds. The molecule has 0 unspecified atom stereocenters. The Bertz CT molecular complexity index is 1350. The summed E-state index contributed by atoms with van der Waals surface area (Å²) < 4.78 is 2.76. The minimum absolute atomic E-state index is 0.326. The number of hydrogen-bond donors (Lipinski definition) is 0. The van der Waals surface area contributed by atoms with Crippen LogP contribution in [0, 0.1) is 0 Å². The van der Waals surface area contributed by atoms with Crippen molar-refractivity contribution in [2.24, 2.45) is 0 Å². The molecule has 0 spiro atoms. The van der Waals surface area contributed by atoms with Crippen LogP contribution < -0.4 is 0 Å². The lowest BCUT2D eigenvalue weighted by molar-refractivity contribution is 0.326. The van der Waals surface area contributed by atoms with Gasteiger partial charge in [0, 0.05) is 28.8 Å². The molecule has 0 radical (unpaired) electrons. The fourth-order valence-corrected chi connectivity index (χ4v) is 11.8. The van der Waals surface area contributed by atoms with Crippen molar-refractivity contribution >= 4 is 40.0 Å². The second-order valence-corrected chi connectivity index (χ2v) is 13.5. The van der Waals surface area contributed by atoms with E-state index in [0.29, 0.717) is 12.1 Å². The summed E-state index contributed by atoms with van der Waals surface area (Å²) in [5.41, 5.74) is 4.82. The largest absolute Gasteiger partial charge is 0.193 e. The van der Waals surface area contributed by atoms with Gasteiger partial charge in [0.05, 0.1) is 5.03 Å². The molecule has 3 heteroatoms. The second kappa shape index (κ2) is 10.8. The van der Waals surface area contributed by atoms with Crippen LogP contribution in [0.15, 0.2) is 121 Å². The highest BCUT2D eigenvalue weighted by Gasteiger charge is 2.73. The average Bonchev–Trinajstić information content (AvgIpc) is 3.59. The first-order valence-corrected chi connectivity index (χ1v) is 15.1. The summed E-state index contributed by atoms with van der Waals surface area (Å²) in [6, 6.07) is 43.8. The van der Waals surface area contributed by atoms with E-state index >= 15 is 0 Å². The van der Waals surface area contributed by atoms with Gasteiger partial charge in [-0.3, -0.25) is 0 Å². The zero-order valence-electron chi connectivity index (χ0n) is 22.0. The van der Waals surface area contributed by atoms with E-state index in [1.165, 1.54) is 32.6 Å². The molecule has 1 aliphatic heterocycles. The molecule has 0 aromatic heterocycles.